The van der Waals surface area contributed by atoms with Gasteiger partial charge in [-0.2, -0.15) is 0 Å². The van der Waals surface area contributed by atoms with Crippen molar-refractivity contribution in [3.8, 4) is 0 Å². The Kier molecular flexibility index (Phi) is 9.82. The second-order valence-corrected chi connectivity index (χ2v) is 14.8. The molecule has 0 aromatic carbocycles. The number of esters is 2. The summed E-state index contributed by atoms with van der Waals surface area (Å²) < 4.78 is 53.0. The SMILES string of the molecule is CC1(C)CC(OC(=O)C2CC(C(=O)OC3CC(C)(CF)NC(C)(CI)C3)OC3(CCCCC3)O2)CC(C)(CF)N1. The van der Waals surface area contributed by atoms with E-state index in [2.05, 4.69) is 33.2 Å². The molecule has 0 bridgehead atoms. The second kappa shape index (κ2) is 12.2. The topological polar surface area (TPSA) is 95.1 Å². The molecule has 7 unspecified atom stereocenters. The normalized spacial score (nSPS) is 41.3. The minimum atomic E-state index is -1.05. The molecule has 0 aromatic heterocycles. The predicted octanol–water partition coefficient (Wildman–Crippen LogP) is 4.84. The molecule has 230 valence electrons. The van der Waals surface area contributed by atoms with Gasteiger partial charge in [-0.05, 0) is 47.5 Å². The second-order valence-electron chi connectivity index (χ2n) is 14.1. The first-order valence-corrected chi connectivity index (χ1v) is 16.2. The van der Waals surface area contributed by atoms with Gasteiger partial charge in [-0.3, -0.25) is 0 Å². The van der Waals surface area contributed by atoms with Gasteiger partial charge < -0.3 is 29.6 Å². The van der Waals surface area contributed by atoms with Crippen LogP contribution < -0.4 is 10.6 Å². The largest absolute Gasteiger partial charge is 0.460 e. The number of carbonyl (C=O) groups excluding carboxylic acids is 2. The van der Waals surface area contributed by atoms with Gasteiger partial charge in [-0.1, -0.05) is 29.0 Å². The van der Waals surface area contributed by atoms with Crippen molar-refractivity contribution < 1.29 is 37.3 Å². The predicted molar refractivity (Wildman–Crippen MR) is 155 cm³/mol. The zero-order valence-corrected chi connectivity index (χ0v) is 26.7. The van der Waals surface area contributed by atoms with Gasteiger partial charge in [0.1, 0.15) is 25.6 Å². The Morgan fingerprint density at radius 3 is 1.75 bits per heavy atom. The lowest BCUT2D eigenvalue weighted by Gasteiger charge is -2.48. The van der Waals surface area contributed by atoms with Gasteiger partial charge in [0.15, 0.2) is 18.0 Å². The minimum absolute atomic E-state index is 0.0247. The number of hydrogen-bond acceptors (Lipinski definition) is 8. The molecule has 4 rings (SSSR count). The van der Waals surface area contributed by atoms with Crippen LogP contribution in [0.2, 0.25) is 0 Å². The summed E-state index contributed by atoms with van der Waals surface area (Å²) in [6, 6.07) is 0. The maximum atomic E-state index is 14.0. The first-order chi connectivity index (χ1) is 18.6. The van der Waals surface area contributed by atoms with Crippen molar-refractivity contribution in [2.24, 2.45) is 0 Å². The molecule has 4 fully saturated rings. The molecule has 8 nitrogen and oxygen atoms in total. The average molecular weight is 685 g/mol. The highest BCUT2D eigenvalue weighted by molar-refractivity contribution is 14.1. The van der Waals surface area contributed by atoms with Crippen molar-refractivity contribution in [2.45, 2.75) is 151 Å². The van der Waals surface area contributed by atoms with Gasteiger partial charge in [0.2, 0.25) is 0 Å². The maximum Gasteiger partial charge on any atom is 0.335 e. The monoisotopic (exact) mass is 684 g/mol. The summed E-state index contributed by atoms with van der Waals surface area (Å²) >= 11 is 2.26. The van der Waals surface area contributed by atoms with E-state index >= 15 is 0 Å². The molecule has 7 atom stereocenters. The van der Waals surface area contributed by atoms with Crippen LogP contribution in [0.25, 0.3) is 0 Å². The van der Waals surface area contributed by atoms with Crippen molar-refractivity contribution in [2.75, 3.05) is 17.8 Å². The highest BCUT2D eigenvalue weighted by Crippen LogP contribution is 2.41. The molecular weight excluding hydrogens is 637 g/mol. The fraction of sp³-hybridized carbons (Fsp3) is 0.931. The molecule has 11 heteroatoms. The number of nitrogens with one attached hydrogen (secondary N) is 2. The van der Waals surface area contributed by atoms with Crippen molar-refractivity contribution in [3.05, 3.63) is 0 Å². The Hall–Kier alpha value is -0.630. The molecule has 0 amide bonds. The van der Waals surface area contributed by atoms with E-state index in [1.54, 1.807) is 6.92 Å². The highest BCUT2D eigenvalue weighted by atomic mass is 127. The van der Waals surface area contributed by atoms with Gasteiger partial charge in [0, 0.05) is 71.5 Å². The van der Waals surface area contributed by atoms with Crippen molar-refractivity contribution >= 4 is 34.5 Å². The fourth-order valence-corrected chi connectivity index (χ4v) is 7.84. The molecule has 0 radical (unpaired) electrons. The van der Waals surface area contributed by atoms with Crippen LogP contribution in [0.5, 0.6) is 0 Å². The third-order valence-corrected chi connectivity index (χ3v) is 10.4. The van der Waals surface area contributed by atoms with E-state index in [1.165, 1.54) is 0 Å². The van der Waals surface area contributed by atoms with Gasteiger partial charge in [-0.15, -0.1) is 0 Å². The average Bonchev–Trinajstić information content (AvgIpc) is 2.87. The molecule has 0 aromatic rings. The summed E-state index contributed by atoms with van der Waals surface area (Å²) in [4.78, 5) is 27.0. The Bertz CT molecular complexity index is 918. The van der Waals surface area contributed by atoms with E-state index in [9.17, 15) is 18.4 Å². The van der Waals surface area contributed by atoms with Crippen molar-refractivity contribution in [1.29, 1.82) is 0 Å². The van der Waals surface area contributed by atoms with Crippen molar-refractivity contribution in [3.63, 3.8) is 0 Å². The number of hydrogen-bond donors (Lipinski definition) is 2. The molecular formula is C29H47F2IN2O6. The van der Waals surface area contributed by atoms with Gasteiger partial charge >= 0.3 is 11.9 Å². The Labute approximate surface area is 250 Å². The summed E-state index contributed by atoms with van der Waals surface area (Å²) in [7, 11) is 0. The smallest absolute Gasteiger partial charge is 0.335 e. The number of halogens is 3. The van der Waals surface area contributed by atoms with Crippen LogP contribution >= 0.6 is 22.6 Å². The molecule has 3 heterocycles. The molecule has 4 aliphatic rings. The van der Waals surface area contributed by atoms with Crippen LogP contribution in [0.4, 0.5) is 8.78 Å². The lowest BCUT2D eigenvalue weighted by molar-refractivity contribution is -0.324. The Balaban J connectivity index is 1.48. The summed E-state index contributed by atoms with van der Waals surface area (Å²) in [5.74, 6) is -2.16. The first-order valence-electron chi connectivity index (χ1n) is 14.7. The lowest BCUT2D eigenvalue weighted by Crippen LogP contribution is -2.64. The Morgan fingerprint density at radius 2 is 1.25 bits per heavy atom. The number of ether oxygens (including phenoxy) is 4. The van der Waals surface area contributed by atoms with Crippen LogP contribution in [-0.4, -0.2) is 82.1 Å². The Morgan fingerprint density at radius 1 is 0.775 bits per heavy atom. The molecule has 3 saturated heterocycles. The maximum absolute atomic E-state index is 14.0. The van der Waals surface area contributed by atoms with E-state index in [0.717, 1.165) is 23.7 Å². The fourth-order valence-electron chi connectivity index (χ4n) is 7.33. The number of piperidine rings is 2. The quantitative estimate of drug-likeness (QED) is 0.224. The summed E-state index contributed by atoms with van der Waals surface area (Å²) in [6.07, 6.45) is 2.68. The van der Waals surface area contributed by atoms with E-state index in [0.29, 0.717) is 38.5 Å². The molecule has 1 saturated carbocycles. The number of alkyl halides is 3. The van der Waals surface area contributed by atoms with Gasteiger partial charge in [-0.25, -0.2) is 18.4 Å². The van der Waals surface area contributed by atoms with E-state index < -0.39 is 72.1 Å². The summed E-state index contributed by atoms with van der Waals surface area (Å²) in [5, 5.41) is 6.72. The molecule has 1 aliphatic carbocycles. The third kappa shape index (κ3) is 7.65. The molecule has 40 heavy (non-hydrogen) atoms. The van der Waals surface area contributed by atoms with Gasteiger partial charge in [0.25, 0.3) is 0 Å². The van der Waals surface area contributed by atoms with Crippen LogP contribution in [0.15, 0.2) is 0 Å². The van der Waals surface area contributed by atoms with Crippen LogP contribution in [0.1, 0.15) is 98.8 Å². The van der Waals surface area contributed by atoms with E-state index in [4.69, 9.17) is 18.9 Å². The van der Waals surface area contributed by atoms with Crippen LogP contribution in [0, 0.1) is 0 Å². The summed E-state index contributed by atoms with van der Waals surface area (Å²) in [6.45, 7) is 8.38. The van der Waals surface area contributed by atoms with Crippen LogP contribution in [0.3, 0.4) is 0 Å². The van der Waals surface area contributed by atoms with Gasteiger partial charge in [0.05, 0.1) is 0 Å². The molecule has 1 spiro atoms. The standard InChI is InChI=1S/C29H47F2IN2O6/c1-25(2)12-19(13-26(3,16-30)33-25)37-23(35)21-11-22(40-29(39-21)9-7-6-8-10-29)24(36)38-20-14-27(4,17-31)34-28(5,15-20)18-32/h19-22,33-34H,6-18H2,1-5H3. The third-order valence-electron chi connectivity index (χ3n) is 8.75. The number of carbonyl (C=O) groups is 2. The highest BCUT2D eigenvalue weighted by Gasteiger charge is 2.51. The first kappa shape index (κ1) is 32.3. The zero-order chi connectivity index (χ0) is 29.4. The van der Waals surface area contributed by atoms with E-state index in [1.807, 2.05) is 27.7 Å². The zero-order valence-electron chi connectivity index (χ0n) is 24.6. The van der Waals surface area contributed by atoms with Crippen LogP contribution in [-0.2, 0) is 28.5 Å². The van der Waals surface area contributed by atoms with E-state index in [-0.39, 0.29) is 12.0 Å². The van der Waals surface area contributed by atoms with Crippen molar-refractivity contribution in [1.82, 2.24) is 10.6 Å². The minimum Gasteiger partial charge on any atom is -0.460 e. The number of rotatable bonds is 7. The molecule has 2 N–H and O–H groups in total. The summed E-state index contributed by atoms with van der Waals surface area (Å²) in [5.41, 5.74) is -2.38. The lowest BCUT2D eigenvalue weighted by atomic mass is 9.80. The molecule has 3 aliphatic heterocycles.